The van der Waals surface area contributed by atoms with Crippen molar-refractivity contribution in [1.29, 1.82) is 5.26 Å². The lowest BCUT2D eigenvalue weighted by atomic mass is 10.3. The van der Waals surface area contributed by atoms with Crippen LogP contribution in [0.3, 0.4) is 0 Å². The molecule has 0 radical (unpaired) electrons. The lowest BCUT2D eigenvalue weighted by molar-refractivity contribution is 0.337. The van der Waals surface area contributed by atoms with Gasteiger partial charge in [-0.2, -0.15) is 5.26 Å². The van der Waals surface area contributed by atoms with E-state index in [9.17, 15) is 0 Å². The first-order chi connectivity index (χ1) is 9.80. The summed E-state index contributed by atoms with van der Waals surface area (Å²) in [6.45, 7) is 6.58. The Morgan fingerprint density at radius 1 is 1.45 bits per heavy atom. The Morgan fingerprint density at radius 3 is 2.95 bits per heavy atom. The number of anilines is 1. The number of benzene rings is 1. The molecular formula is C14H15N5O. The Labute approximate surface area is 117 Å². The fourth-order valence-corrected chi connectivity index (χ4v) is 1.68. The summed E-state index contributed by atoms with van der Waals surface area (Å²) in [6, 6.07) is 9.43. The van der Waals surface area contributed by atoms with E-state index in [2.05, 4.69) is 22.1 Å². The number of hydrogen-bond donors (Lipinski definition) is 1. The molecule has 1 aromatic carbocycles. The van der Waals surface area contributed by atoms with Gasteiger partial charge in [-0.1, -0.05) is 18.2 Å². The van der Waals surface area contributed by atoms with Crippen LogP contribution in [0.25, 0.3) is 5.69 Å². The molecule has 20 heavy (non-hydrogen) atoms. The van der Waals surface area contributed by atoms with Crippen LogP contribution in [0.5, 0.6) is 5.75 Å². The van der Waals surface area contributed by atoms with Gasteiger partial charge in [-0.05, 0) is 19.1 Å². The van der Waals surface area contributed by atoms with Gasteiger partial charge in [-0.3, -0.25) is 0 Å². The van der Waals surface area contributed by atoms with Gasteiger partial charge in [0.05, 0.1) is 6.61 Å². The van der Waals surface area contributed by atoms with Crippen LogP contribution >= 0.6 is 0 Å². The van der Waals surface area contributed by atoms with Crippen molar-refractivity contribution in [3.63, 3.8) is 0 Å². The van der Waals surface area contributed by atoms with Gasteiger partial charge < -0.3 is 10.1 Å². The van der Waals surface area contributed by atoms with E-state index in [-0.39, 0.29) is 5.69 Å². The van der Waals surface area contributed by atoms with Crippen molar-refractivity contribution >= 4 is 5.82 Å². The highest BCUT2D eigenvalue weighted by Gasteiger charge is 2.13. The molecule has 1 aromatic heterocycles. The number of nitrogens with one attached hydrogen (secondary N) is 1. The van der Waals surface area contributed by atoms with Crippen LogP contribution in [-0.4, -0.2) is 28.1 Å². The van der Waals surface area contributed by atoms with Crippen LogP contribution in [0.4, 0.5) is 5.82 Å². The van der Waals surface area contributed by atoms with E-state index in [0.717, 1.165) is 0 Å². The maximum atomic E-state index is 9.09. The summed E-state index contributed by atoms with van der Waals surface area (Å²) >= 11 is 0. The summed E-state index contributed by atoms with van der Waals surface area (Å²) in [5.74, 6) is 1.10. The van der Waals surface area contributed by atoms with Gasteiger partial charge >= 0.3 is 0 Å². The van der Waals surface area contributed by atoms with Crippen molar-refractivity contribution in [1.82, 2.24) is 15.0 Å². The molecule has 0 saturated heterocycles. The second kappa shape index (κ2) is 6.38. The van der Waals surface area contributed by atoms with Crippen molar-refractivity contribution in [2.75, 3.05) is 18.5 Å². The summed E-state index contributed by atoms with van der Waals surface area (Å²) in [5.41, 5.74) is 0.927. The number of rotatable bonds is 6. The Bertz CT molecular complexity index is 641. The molecule has 0 bridgehead atoms. The molecule has 102 valence electrons. The molecular weight excluding hydrogens is 254 g/mol. The molecule has 0 amide bonds. The average Bonchev–Trinajstić information content (AvgIpc) is 2.89. The average molecular weight is 269 g/mol. The fraction of sp³-hybridized carbons (Fsp3) is 0.214. The molecule has 1 N–H and O–H groups in total. The van der Waals surface area contributed by atoms with Crippen LogP contribution in [-0.2, 0) is 0 Å². The van der Waals surface area contributed by atoms with Crippen LogP contribution in [0.15, 0.2) is 36.9 Å². The first-order valence-electron chi connectivity index (χ1n) is 6.24. The van der Waals surface area contributed by atoms with Crippen LogP contribution < -0.4 is 10.1 Å². The second-order valence-corrected chi connectivity index (χ2v) is 3.87. The van der Waals surface area contributed by atoms with Crippen LogP contribution in [0.1, 0.15) is 12.6 Å². The largest absolute Gasteiger partial charge is 0.492 e. The van der Waals surface area contributed by atoms with Gasteiger partial charge in [0.1, 0.15) is 17.5 Å². The molecule has 0 unspecified atom stereocenters. The molecule has 2 aromatic rings. The summed E-state index contributed by atoms with van der Waals surface area (Å²) in [4.78, 5) is 1.40. The lowest BCUT2D eigenvalue weighted by Crippen LogP contribution is -2.04. The lowest BCUT2D eigenvalue weighted by Gasteiger charge is -2.08. The third-order valence-electron chi connectivity index (χ3n) is 2.51. The first-order valence-corrected chi connectivity index (χ1v) is 6.24. The van der Waals surface area contributed by atoms with E-state index in [1.807, 2.05) is 37.3 Å². The maximum absolute atomic E-state index is 9.09. The summed E-state index contributed by atoms with van der Waals surface area (Å²) in [5, 5.41) is 20.5. The maximum Gasteiger partial charge on any atom is 0.207 e. The molecule has 0 aliphatic rings. The van der Waals surface area contributed by atoms with Gasteiger partial charge in [0.15, 0.2) is 5.82 Å². The minimum Gasteiger partial charge on any atom is -0.492 e. The minimum atomic E-state index is 0.234. The molecule has 0 atom stereocenters. The highest BCUT2D eigenvalue weighted by molar-refractivity contribution is 5.50. The third kappa shape index (κ3) is 2.78. The Morgan fingerprint density at radius 2 is 2.25 bits per heavy atom. The number of nitrogens with zero attached hydrogens (tertiary/aromatic N) is 4. The molecule has 0 saturated carbocycles. The topological polar surface area (TPSA) is 75.8 Å². The molecule has 0 spiro atoms. The van der Waals surface area contributed by atoms with E-state index in [0.29, 0.717) is 30.4 Å². The summed E-state index contributed by atoms with van der Waals surface area (Å²) in [7, 11) is 0. The fourth-order valence-electron chi connectivity index (χ4n) is 1.68. The smallest absolute Gasteiger partial charge is 0.207 e. The molecule has 0 aliphatic heterocycles. The predicted molar refractivity (Wildman–Crippen MR) is 75.9 cm³/mol. The van der Waals surface area contributed by atoms with Crippen molar-refractivity contribution in [3.05, 3.63) is 42.6 Å². The molecule has 0 fully saturated rings. The van der Waals surface area contributed by atoms with Crippen molar-refractivity contribution in [3.8, 4) is 17.5 Å². The monoisotopic (exact) mass is 269 g/mol. The normalized spacial score (nSPS) is 9.80. The second-order valence-electron chi connectivity index (χ2n) is 3.87. The van der Waals surface area contributed by atoms with E-state index in [1.54, 1.807) is 6.08 Å². The van der Waals surface area contributed by atoms with E-state index in [1.165, 1.54) is 4.80 Å². The zero-order valence-electron chi connectivity index (χ0n) is 11.2. The molecule has 2 rings (SSSR count). The van der Waals surface area contributed by atoms with Crippen molar-refractivity contribution in [2.45, 2.75) is 6.92 Å². The predicted octanol–water partition coefficient (Wildman–Crippen LogP) is 2.14. The number of para-hydroxylation sites is 2. The summed E-state index contributed by atoms with van der Waals surface area (Å²) < 4.78 is 5.53. The third-order valence-corrected chi connectivity index (χ3v) is 2.51. The zero-order chi connectivity index (χ0) is 14.4. The van der Waals surface area contributed by atoms with Crippen molar-refractivity contribution < 1.29 is 4.74 Å². The summed E-state index contributed by atoms with van der Waals surface area (Å²) in [6.07, 6.45) is 1.69. The molecule has 1 heterocycles. The van der Waals surface area contributed by atoms with Gasteiger partial charge in [0.25, 0.3) is 0 Å². The molecule has 0 aliphatic carbocycles. The Balaban J connectivity index is 2.40. The molecule has 6 nitrogen and oxygen atoms in total. The number of hydrogen-bond acceptors (Lipinski definition) is 5. The molecule has 6 heteroatoms. The number of aromatic nitrogens is 3. The van der Waals surface area contributed by atoms with Gasteiger partial charge in [-0.15, -0.1) is 21.6 Å². The van der Waals surface area contributed by atoms with Gasteiger partial charge in [0.2, 0.25) is 5.69 Å². The highest BCUT2D eigenvalue weighted by atomic mass is 16.5. The standard InChI is InChI=1S/C14H15N5O/c1-3-9-16-14-11(10-15)17-19(18-14)12-7-5-6-8-13(12)20-4-2/h3,5-8H,1,4,9H2,2H3,(H,16,18). The highest BCUT2D eigenvalue weighted by Crippen LogP contribution is 2.22. The Kier molecular flexibility index (Phi) is 4.35. The van der Waals surface area contributed by atoms with Crippen LogP contribution in [0.2, 0.25) is 0 Å². The zero-order valence-corrected chi connectivity index (χ0v) is 11.2. The number of nitriles is 1. The Hall–Kier alpha value is -2.81. The van der Waals surface area contributed by atoms with Crippen LogP contribution in [0, 0.1) is 11.3 Å². The first kappa shape index (κ1) is 13.6. The number of ether oxygens (including phenoxy) is 1. The van der Waals surface area contributed by atoms with E-state index < -0.39 is 0 Å². The van der Waals surface area contributed by atoms with Gasteiger partial charge in [0, 0.05) is 6.54 Å². The van der Waals surface area contributed by atoms with Gasteiger partial charge in [-0.25, -0.2) is 0 Å². The minimum absolute atomic E-state index is 0.234. The van der Waals surface area contributed by atoms with E-state index >= 15 is 0 Å². The van der Waals surface area contributed by atoms with E-state index in [4.69, 9.17) is 10.00 Å². The van der Waals surface area contributed by atoms with Crippen molar-refractivity contribution in [2.24, 2.45) is 0 Å². The SMILES string of the molecule is C=CCNc1nn(-c2ccccc2OCC)nc1C#N. The quantitative estimate of drug-likeness (QED) is 0.813.